The number of hydrogen-bond acceptors (Lipinski definition) is 3. The molecule has 0 N–H and O–H groups in total. The number of aromatic nitrogens is 2. The van der Waals surface area contributed by atoms with Gasteiger partial charge in [-0.3, -0.25) is 0 Å². The molecule has 2 rings (SSSR count). The SMILES string of the molecule is Cc1cc(-c2ccccc2F)nc(CC#N)n1. The zero-order chi connectivity index (χ0) is 12.3. The smallest absolute Gasteiger partial charge is 0.143 e. The number of rotatable bonds is 2. The highest BCUT2D eigenvalue weighted by Crippen LogP contribution is 2.21. The summed E-state index contributed by atoms with van der Waals surface area (Å²) in [4.78, 5) is 8.30. The Bertz CT molecular complexity index is 587. The predicted molar refractivity (Wildman–Crippen MR) is 61.5 cm³/mol. The molecule has 0 aliphatic rings. The van der Waals surface area contributed by atoms with Crippen LogP contribution in [0.1, 0.15) is 11.5 Å². The molecule has 0 amide bonds. The molecule has 4 heteroatoms. The van der Waals surface area contributed by atoms with Crippen LogP contribution in [0.2, 0.25) is 0 Å². The maximum Gasteiger partial charge on any atom is 0.143 e. The molecule has 0 aliphatic carbocycles. The fourth-order valence-corrected chi connectivity index (χ4v) is 1.59. The Morgan fingerprint density at radius 3 is 2.76 bits per heavy atom. The van der Waals surface area contributed by atoms with Gasteiger partial charge in [0.1, 0.15) is 11.6 Å². The quantitative estimate of drug-likeness (QED) is 0.792. The van der Waals surface area contributed by atoms with Crippen LogP contribution in [-0.4, -0.2) is 9.97 Å². The second-order valence-corrected chi connectivity index (χ2v) is 3.63. The molecule has 17 heavy (non-hydrogen) atoms. The number of aryl methyl sites for hydroxylation is 1. The first-order valence-electron chi connectivity index (χ1n) is 5.17. The minimum Gasteiger partial charge on any atom is -0.237 e. The van der Waals surface area contributed by atoms with Crippen LogP contribution in [-0.2, 0) is 6.42 Å². The van der Waals surface area contributed by atoms with Gasteiger partial charge >= 0.3 is 0 Å². The Balaban J connectivity index is 2.53. The second kappa shape index (κ2) is 4.71. The highest BCUT2D eigenvalue weighted by Gasteiger charge is 2.08. The van der Waals surface area contributed by atoms with Crippen molar-refractivity contribution in [1.29, 1.82) is 5.26 Å². The molecule has 1 heterocycles. The van der Waals surface area contributed by atoms with E-state index in [0.29, 0.717) is 17.1 Å². The van der Waals surface area contributed by atoms with Crippen molar-refractivity contribution < 1.29 is 4.39 Å². The van der Waals surface area contributed by atoms with E-state index in [0.717, 1.165) is 5.69 Å². The number of nitriles is 1. The Labute approximate surface area is 98.6 Å². The third-order valence-corrected chi connectivity index (χ3v) is 2.29. The van der Waals surface area contributed by atoms with E-state index in [4.69, 9.17) is 5.26 Å². The van der Waals surface area contributed by atoms with E-state index in [1.165, 1.54) is 6.07 Å². The van der Waals surface area contributed by atoms with E-state index < -0.39 is 0 Å². The van der Waals surface area contributed by atoms with Gasteiger partial charge in [0.15, 0.2) is 0 Å². The maximum atomic E-state index is 13.6. The van der Waals surface area contributed by atoms with Crippen LogP contribution < -0.4 is 0 Å². The van der Waals surface area contributed by atoms with Crippen molar-refractivity contribution >= 4 is 0 Å². The van der Waals surface area contributed by atoms with Gasteiger partial charge in [-0.15, -0.1) is 0 Å². The summed E-state index contributed by atoms with van der Waals surface area (Å²) >= 11 is 0. The van der Waals surface area contributed by atoms with E-state index in [1.807, 2.05) is 6.07 Å². The van der Waals surface area contributed by atoms with Crippen molar-refractivity contribution in [1.82, 2.24) is 9.97 Å². The third-order valence-electron chi connectivity index (χ3n) is 2.29. The Hall–Kier alpha value is -2.28. The van der Waals surface area contributed by atoms with Crippen LogP contribution in [0.5, 0.6) is 0 Å². The van der Waals surface area contributed by atoms with Crippen molar-refractivity contribution in [2.24, 2.45) is 0 Å². The van der Waals surface area contributed by atoms with Crippen molar-refractivity contribution in [2.75, 3.05) is 0 Å². The molecule has 0 saturated heterocycles. The second-order valence-electron chi connectivity index (χ2n) is 3.63. The third kappa shape index (κ3) is 2.45. The van der Waals surface area contributed by atoms with Crippen LogP contribution in [0.25, 0.3) is 11.3 Å². The van der Waals surface area contributed by atoms with Gasteiger partial charge in [0.05, 0.1) is 18.2 Å². The van der Waals surface area contributed by atoms with Crippen LogP contribution >= 0.6 is 0 Å². The largest absolute Gasteiger partial charge is 0.237 e. The average Bonchev–Trinajstić information content (AvgIpc) is 2.29. The van der Waals surface area contributed by atoms with Gasteiger partial charge in [-0.1, -0.05) is 12.1 Å². The monoisotopic (exact) mass is 227 g/mol. The van der Waals surface area contributed by atoms with Gasteiger partial charge < -0.3 is 0 Å². The normalized spacial score (nSPS) is 9.94. The first-order chi connectivity index (χ1) is 8.20. The van der Waals surface area contributed by atoms with Gasteiger partial charge in [0.25, 0.3) is 0 Å². The fourth-order valence-electron chi connectivity index (χ4n) is 1.59. The minimum atomic E-state index is -0.325. The van der Waals surface area contributed by atoms with Crippen molar-refractivity contribution in [3.63, 3.8) is 0 Å². The van der Waals surface area contributed by atoms with E-state index in [9.17, 15) is 4.39 Å². The lowest BCUT2D eigenvalue weighted by Gasteiger charge is -2.05. The van der Waals surface area contributed by atoms with Crippen LogP contribution in [0, 0.1) is 24.1 Å². The van der Waals surface area contributed by atoms with Gasteiger partial charge in [0, 0.05) is 11.3 Å². The number of halogens is 1. The molecule has 0 saturated carbocycles. The molecule has 0 bridgehead atoms. The van der Waals surface area contributed by atoms with E-state index in [1.54, 1.807) is 31.2 Å². The molecule has 84 valence electrons. The van der Waals surface area contributed by atoms with Crippen LogP contribution in [0.15, 0.2) is 30.3 Å². The summed E-state index contributed by atoms with van der Waals surface area (Å²) in [5, 5.41) is 8.62. The molecule has 0 aliphatic heterocycles. The molecule has 0 atom stereocenters. The molecular weight excluding hydrogens is 217 g/mol. The van der Waals surface area contributed by atoms with Crippen molar-refractivity contribution in [2.45, 2.75) is 13.3 Å². The number of benzene rings is 1. The standard InChI is InChI=1S/C13H10FN3/c1-9-8-12(17-13(16-9)6-7-15)10-4-2-3-5-11(10)14/h2-5,8H,6H2,1H3. The summed E-state index contributed by atoms with van der Waals surface area (Å²) in [6.45, 7) is 1.80. The number of hydrogen-bond donors (Lipinski definition) is 0. The average molecular weight is 227 g/mol. The van der Waals surface area contributed by atoms with Gasteiger partial charge in [-0.2, -0.15) is 5.26 Å². The Morgan fingerprint density at radius 2 is 2.06 bits per heavy atom. The molecule has 3 nitrogen and oxygen atoms in total. The maximum absolute atomic E-state index is 13.6. The molecule has 1 aromatic heterocycles. The lowest BCUT2D eigenvalue weighted by atomic mass is 10.1. The highest BCUT2D eigenvalue weighted by atomic mass is 19.1. The lowest BCUT2D eigenvalue weighted by Crippen LogP contribution is -1.99. The molecule has 1 aromatic carbocycles. The molecule has 0 unspecified atom stereocenters. The Kier molecular flexibility index (Phi) is 3.10. The summed E-state index contributed by atoms with van der Waals surface area (Å²) in [6, 6.07) is 10.1. The zero-order valence-electron chi connectivity index (χ0n) is 9.31. The summed E-state index contributed by atoms with van der Waals surface area (Å²) in [5.74, 6) is 0.0965. The molecule has 0 radical (unpaired) electrons. The van der Waals surface area contributed by atoms with Crippen molar-refractivity contribution in [3.8, 4) is 17.3 Å². The van der Waals surface area contributed by atoms with E-state index in [-0.39, 0.29) is 12.2 Å². The van der Waals surface area contributed by atoms with E-state index in [2.05, 4.69) is 9.97 Å². The summed E-state index contributed by atoms with van der Waals surface area (Å²) < 4.78 is 13.6. The first-order valence-corrected chi connectivity index (χ1v) is 5.17. The van der Waals surface area contributed by atoms with Crippen LogP contribution in [0.3, 0.4) is 0 Å². The predicted octanol–water partition coefficient (Wildman–Crippen LogP) is 2.66. The lowest BCUT2D eigenvalue weighted by molar-refractivity contribution is 0.630. The van der Waals surface area contributed by atoms with Gasteiger partial charge in [-0.25, -0.2) is 14.4 Å². The minimum absolute atomic E-state index is 0.128. The van der Waals surface area contributed by atoms with E-state index >= 15 is 0 Å². The zero-order valence-corrected chi connectivity index (χ0v) is 9.31. The summed E-state index contributed by atoms with van der Waals surface area (Å²) in [7, 11) is 0. The highest BCUT2D eigenvalue weighted by molar-refractivity contribution is 5.60. The molecule has 0 fully saturated rings. The summed E-state index contributed by atoms with van der Waals surface area (Å²) in [5.41, 5.74) is 1.67. The number of nitrogens with zero attached hydrogens (tertiary/aromatic N) is 3. The fraction of sp³-hybridized carbons (Fsp3) is 0.154. The molecular formula is C13H10FN3. The van der Waals surface area contributed by atoms with Gasteiger partial charge in [0.2, 0.25) is 0 Å². The first kappa shape index (κ1) is 11.2. The van der Waals surface area contributed by atoms with Crippen molar-refractivity contribution in [3.05, 3.63) is 47.7 Å². The van der Waals surface area contributed by atoms with Crippen LogP contribution in [0.4, 0.5) is 4.39 Å². The van der Waals surface area contributed by atoms with Gasteiger partial charge in [-0.05, 0) is 25.1 Å². The molecule has 0 spiro atoms. The summed E-state index contributed by atoms with van der Waals surface area (Å²) in [6.07, 6.45) is 0.128. The topological polar surface area (TPSA) is 49.6 Å². The Morgan fingerprint density at radius 1 is 1.29 bits per heavy atom. The molecule has 2 aromatic rings.